The van der Waals surface area contributed by atoms with Gasteiger partial charge in [0, 0.05) is 25.1 Å². The SMILES string of the molecule is CCNC(=NCCn1cnnc1CC)NC(C)c1cc(OC)ccc1OC. The molecule has 0 spiro atoms. The van der Waals surface area contributed by atoms with Gasteiger partial charge in [0.15, 0.2) is 5.96 Å². The molecule has 0 saturated carbocycles. The first-order chi connectivity index (χ1) is 13.1. The molecule has 148 valence electrons. The van der Waals surface area contributed by atoms with Gasteiger partial charge >= 0.3 is 0 Å². The van der Waals surface area contributed by atoms with Gasteiger partial charge in [-0.3, -0.25) is 4.99 Å². The number of guanidine groups is 1. The molecule has 1 unspecified atom stereocenters. The lowest BCUT2D eigenvalue weighted by Gasteiger charge is -2.21. The van der Waals surface area contributed by atoms with Crippen LogP contribution in [0.2, 0.25) is 0 Å². The molecule has 1 aromatic carbocycles. The fourth-order valence-electron chi connectivity index (χ4n) is 2.79. The van der Waals surface area contributed by atoms with Gasteiger partial charge in [0.05, 0.1) is 26.8 Å². The van der Waals surface area contributed by atoms with Crippen molar-refractivity contribution in [3.63, 3.8) is 0 Å². The Hall–Kier alpha value is -2.77. The summed E-state index contributed by atoms with van der Waals surface area (Å²) < 4.78 is 12.9. The Morgan fingerprint density at radius 3 is 2.74 bits per heavy atom. The van der Waals surface area contributed by atoms with Crippen molar-refractivity contribution in [3.05, 3.63) is 35.9 Å². The number of nitrogens with zero attached hydrogens (tertiary/aromatic N) is 4. The third-order valence-electron chi connectivity index (χ3n) is 4.22. The monoisotopic (exact) mass is 374 g/mol. The zero-order valence-corrected chi connectivity index (χ0v) is 16.8. The summed E-state index contributed by atoms with van der Waals surface area (Å²) in [7, 11) is 3.33. The summed E-state index contributed by atoms with van der Waals surface area (Å²) in [6.45, 7) is 8.33. The van der Waals surface area contributed by atoms with Crippen LogP contribution in [0.15, 0.2) is 29.5 Å². The van der Waals surface area contributed by atoms with Crippen molar-refractivity contribution >= 4 is 5.96 Å². The molecular formula is C19H30N6O2. The molecule has 0 fully saturated rings. The molecule has 2 N–H and O–H groups in total. The zero-order chi connectivity index (χ0) is 19.6. The van der Waals surface area contributed by atoms with Crippen LogP contribution >= 0.6 is 0 Å². The van der Waals surface area contributed by atoms with E-state index >= 15 is 0 Å². The van der Waals surface area contributed by atoms with Gasteiger partial charge in [0.2, 0.25) is 0 Å². The maximum atomic E-state index is 5.49. The van der Waals surface area contributed by atoms with Crippen molar-refractivity contribution in [1.82, 2.24) is 25.4 Å². The largest absolute Gasteiger partial charge is 0.497 e. The van der Waals surface area contributed by atoms with Crippen LogP contribution in [-0.2, 0) is 13.0 Å². The van der Waals surface area contributed by atoms with Crippen LogP contribution in [0.4, 0.5) is 0 Å². The molecule has 1 heterocycles. The number of hydrogen-bond acceptors (Lipinski definition) is 5. The molecule has 0 saturated heterocycles. The summed E-state index contributed by atoms with van der Waals surface area (Å²) >= 11 is 0. The number of rotatable bonds is 9. The molecular weight excluding hydrogens is 344 g/mol. The molecule has 0 aliphatic heterocycles. The quantitative estimate of drug-likeness (QED) is 0.517. The van der Waals surface area contributed by atoms with E-state index in [0.717, 1.165) is 48.4 Å². The first-order valence-electron chi connectivity index (χ1n) is 9.26. The highest BCUT2D eigenvalue weighted by Crippen LogP contribution is 2.29. The molecule has 1 atom stereocenters. The second-order valence-electron chi connectivity index (χ2n) is 6.03. The van der Waals surface area contributed by atoms with Crippen molar-refractivity contribution in [2.24, 2.45) is 4.99 Å². The molecule has 2 rings (SSSR count). The predicted molar refractivity (Wildman–Crippen MR) is 106 cm³/mol. The molecule has 27 heavy (non-hydrogen) atoms. The lowest BCUT2D eigenvalue weighted by Crippen LogP contribution is -2.39. The number of benzene rings is 1. The first-order valence-corrected chi connectivity index (χ1v) is 9.26. The number of ether oxygens (including phenoxy) is 2. The van der Waals surface area contributed by atoms with Crippen molar-refractivity contribution < 1.29 is 9.47 Å². The van der Waals surface area contributed by atoms with Gasteiger partial charge in [-0.25, -0.2) is 0 Å². The first kappa shape index (κ1) is 20.5. The average molecular weight is 374 g/mol. The number of aromatic nitrogens is 3. The number of aryl methyl sites for hydroxylation is 1. The number of aliphatic imine (C=N–C) groups is 1. The third-order valence-corrected chi connectivity index (χ3v) is 4.22. The lowest BCUT2D eigenvalue weighted by molar-refractivity contribution is 0.394. The van der Waals surface area contributed by atoms with Crippen LogP contribution in [-0.4, -0.2) is 48.0 Å². The molecule has 0 amide bonds. The summed E-state index contributed by atoms with van der Waals surface area (Å²) in [6, 6.07) is 5.77. The fraction of sp³-hybridized carbons (Fsp3) is 0.526. The van der Waals surface area contributed by atoms with Gasteiger partial charge in [-0.1, -0.05) is 6.92 Å². The van der Waals surface area contributed by atoms with Gasteiger partial charge in [-0.2, -0.15) is 0 Å². The Bertz CT molecular complexity index is 744. The van der Waals surface area contributed by atoms with Crippen LogP contribution in [0.3, 0.4) is 0 Å². The second kappa shape index (κ2) is 10.4. The molecule has 0 bridgehead atoms. The highest BCUT2D eigenvalue weighted by Gasteiger charge is 2.14. The van der Waals surface area contributed by atoms with E-state index in [0.29, 0.717) is 6.54 Å². The molecule has 8 heteroatoms. The van der Waals surface area contributed by atoms with Crippen LogP contribution in [0, 0.1) is 0 Å². The van der Waals surface area contributed by atoms with E-state index in [2.05, 4.69) is 39.7 Å². The van der Waals surface area contributed by atoms with E-state index in [-0.39, 0.29) is 6.04 Å². The van der Waals surface area contributed by atoms with Crippen molar-refractivity contribution in [3.8, 4) is 11.5 Å². The summed E-state index contributed by atoms with van der Waals surface area (Å²) in [4.78, 5) is 4.67. The minimum atomic E-state index is -0.00559. The van der Waals surface area contributed by atoms with Crippen LogP contribution in [0.25, 0.3) is 0 Å². The Balaban J connectivity index is 2.08. The van der Waals surface area contributed by atoms with Crippen LogP contribution < -0.4 is 20.1 Å². The van der Waals surface area contributed by atoms with E-state index in [9.17, 15) is 0 Å². The minimum Gasteiger partial charge on any atom is -0.497 e. The van der Waals surface area contributed by atoms with Crippen molar-refractivity contribution in [2.75, 3.05) is 27.3 Å². The van der Waals surface area contributed by atoms with E-state index in [4.69, 9.17) is 9.47 Å². The Labute approximate surface area is 161 Å². The number of hydrogen-bond donors (Lipinski definition) is 2. The summed E-state index contributed by atoms with van der Waals surface area (Å²) in [6.07, 6.45) is 2.60. The molecule has 0 aliphatic rings. The fourth-order valence-corrected chi connectivity index (χ4v) is 2.79. The number of methoxy groups -OCH3 is 2. The molecule has 0 radical (unpaired) electrons. The second-order valence-corrected chi connectivity index (χ2v) is 6.03. The normalized spacial score (nSPS) is 12.6. The maximum absolute atomic E-state index is 5.49. The van der Waals surface area contributed by atoms with Gasteiger partial charge < -0.3 is 24.7 Å². The topological polar surface area (TPSA) is 85.6 Å². The Morgan fingerprint density at radius 2 is 2.07 bits per heavy atom. The minimum absolute atomic E-state index is 0.00559. The van der Waals surface area contributed by atoms with Crippen molar-refractivity contribution in [1.29, 1.82) is 0 Å². The maximum Gasteiger partial charge on any atom is 0.191 e. The highest BCUT2D eigenvalue weighted by molar-refractivity contribution is 5.80. The van der Waals surface area contributed by atoms with Gasteiger partial charge in [-0.15, -0.1) is 10.2 Å². The molecule has 8 nitrogen and oxygen atoms in total. The summed E-state index contributed by atoms with van der Waals surface area (Å²) in [5.41, 5.74) is 1.01. The van der Waals surface area contributed by atoms with E-state index in [1.165, 1.54) is 0 Å². The van der Waals surface area contributed by atoms with Gasteiger partial charge in [0.1, 0.15) is 23.7 Å². The average Bonchev–Trinajstić information content (AvgIpc) is 3.15. The number of nitrogens with one attached hydrogen (secondary N) is 2. The Kier molecular flexibility index (Phi) is 7.91. The van der Waals surface area contributed by atoms with Gasteiger partial charge in [0.25, 0.3) is 0 Å². The van der Waals surface area contributed by atoms with Crippen LogP contribution in [0.5, 0.6) is 11.5 Å². The van der Waals surface area contributed by atoms with Crippen LogP contribution in [0.1, 0.15) is 38.2 Å². The Morgan fingerprint density at radius 1 is 1.26 bits per heavy atom. The highest BCUT2D eigenvalue weighted by atomic mass is 16.5. The molecule has 1 aromatic heterocycles. The third kappa shape index (κ3) is 5.60. The summed E-state index contributed by atoms with van der Waals surface area (Å²) in [5.74, 6) is 3.32. The zero-order valence-electron chi connectivity index (χ0n) is 16.8. The summed E-state index contributed by atoms with van der Waals surface area (Å²) in [5, 5.41) is 14.8. The predicted octanol–water partition coefficient (Wildman–Crippen LogP) is 2.17. The van der Waals surface area contributed by atoms with Gasteiger partial charge in [-0.05, 0) is 32.0 Å². The van der Waals surface area contributed by atoms with Crippen molar-refractivity contribution in [2.45, 2.75) is 39.8 Å². The standard InChI is InChI=1S/C19H30N6O2/c1-6-18-24-22-13-25(18)11-10-21-19(20-7-2)23-14(3)16-12-15(26-4)8-9-17(16)27-5/h8-9,12-14H,6-7,10-11H2,1-5H3,(H2,20,21,23). The lowest BCUT2D eigenvalue weighted by atomic mass is 10.1. The van der Waals surface area contributed by atoms with E-state index in [1.54, 1.807) is 20.5 Å². The van der Waals surface area contributed by atoms with E-state index in [1.807, 2.05) is 29.7 Å². The molecule has 2 aromatic rings. The van der Waals surface area contributed by atoms with E-state index < -0.39 is 0 Å². The smallest absolute Gasteiger partial charge is 0.191 e. The molecule has 0 aliphatic carbocycles.